The van der Waals surface area contributed by atoms with Gasteiger partial charge >= 0.3 is 5.97 Å². The van der Waals surface area contributed by atoms with Crippen molar-refractivity contribution in [2.24, 2.45) is 0 Å². The number of carboxylic acid groups (broad SMARTS) is 1. The number of nitrogens with zero attached hydrogens (tertiary/aromatic N) is 1. The number of aliphatic carboxylic acids is 1. The van der Waals surface area contributed by atoms with Crippen molar-refractivity contribution in [1.82, 2.24) is 9.88 Å². The Balaban J connectivity index is 2.74. The van der Waals surface area contributed by atoms with Crippen molar-refractivity contribution >= 4 is 23.5 Å². The van der Waals surface area contributed by atoms with Gasteiger partial charge < -0.3 is 15.0 Å². The van der Waals surface area contributed by atoms with Gasteiger partial charge in [-0.3, -0.25) is 9.59 Å². The molecule has 0 aliphatic carbocycles. The van der Waals surface area contributed by atoms with E-state index in [1.54, 1.807) is 23.8 Å². The summed E-state index contributed by atoms with van der Waals surface area (Å²) in [5.41, 5.74) is 0.457. The van der Waals surface area contributed by atoms with Crippen LogP contribution in [-0.4, -0.2) is 27.6 Å². The van der Waals surface area contributed by atoms with Crippen LogP contribution < -0.4 is 5.32 Å². The number of carbonyl (C=O) groups is 2. The molecule has 0 spiro atoms. The van der Waals surface area contributed by atoms with Crippen molar-refractivity contribution in [1.29, 1.82) is 0 Å². The van der Waals surface area contributed by atoms with Crippen LogP contribution in [0, 0.1) is 0 Å². The standard InChI is InChI=1S/C12H17ClN2O3/c1-3-4-15-7-9(13)6-10(15)12(18)14-8(2)5-11(16)17/h6-8H,3-5H2,1-2H3,(H,14,18)(H,16,17). The Bertz CT molecular complexity index is 443. The van der Waals surface area contributed by atoms with Crippen molar-refractivity contribution < 1.29 is 14.7 Å². The topological polar surface area (TPSA) is 71.3 Å². The third kappa shape index (κ3) is 4.07. The highest BCUT2D eigenvalue weighted by atomic mass is 35.5. The maximum absolute atomic E-state index is 12.0. The molecule has 18 heavy (non-hydrogen) atoms. The molecule has 0 aromatic carbocycles. The second-order valence-corrected chi connectivity index (χ2v) is 4.65. The highest BCUT2D eigenvalue weighted by Crippen LogP contribution is 2.15. The Kier molecular flexibility index (Phi) is 5.22. The van der Waals surface area contributed by atoms with Gasteiger partial charge in [0, 0.05) is 18.8 Å². The van der Waals surface area contributed by atoms with E-state index in [2.05, 4.69) is 5.32 Å². The molecule has 0 radical (unpaired) electrons. The average molecular weight is 273 g/mol. The van der Waals surface area contributed by atoms with Crippen molar-refractivity contribution in [3.8, 4) is 0 Å². The number of halogens is 1. The minimum atomic E-state index is -0.940. The lowest BCUT2D eigenvalue weighted by Gasteiger charge is -2.13. The first-order valence-electron chi connectivity index (χ1n) is 5.82. The summed E-state index contributed by atoms with van der Waals surface area (Å²) in [5, 5.41) is 11.8. The molecule has 2 N–H and O–H groups in total. The molecule has 0 aliphatic rings. The third-order valence-corrected chi connectivity index (χ3v) is 2.63. The fourth-order valence-corrected chi connectivity index (χ4v) is 1.92. The Hall–Kier alpha value is -1.49. The number of nitrogens with one attached hydrogen (secondary N) is 1. The fraction of sp³-hybridized carbons (Fsp3) is 0.500. The number of carbonyl (C=O) groups excluding carboxylic acids is 1. The van der Waals surface area contributed by atoms with E-state index >= 15 is 0 Å². The first kappa shape index (κ1) is 14.6. The summed E-state index contributed by atoms with van der Waals surface area (Å²) in [7, 11) is 0. The Morgan fingerprint density at radius 1 is 1.56 bits per heavy atom. The maximum Gasteiger partial charge on any atom is 0.305 e. The van der Waals surface area contributed by atoms with E-state index in [-0.39, 0.29) is 12.3 Å². The molecule has 1 rings (SSSR count). The van der Waals surface area contributed by atoms with E-state index in [9.17, 15) is 9.59 Å². The monoisotopic (exact) mass is 272 g/mol. The molecule has 100 valence electrons. The van der Waals surface area contributed by atoms with Crippen molar-refractivity contribution in [3.63, 3.8) is 0 Å². The van der Waals surface area contributed by atoms with Crippen LogP contribution in [0.25, 0.3) is 0 Å². The molecule has 1 heterocycles. The number of carboxylic acids is 1. The Morgan fingerprint density at radius 3 is 2.78 bits per heavy atom. The van der Waals surface area contributed by atoms with Crippen LogP contribution in [0.15, 0.2) is 12.3 Å². The van der Waals surface area contributed by atoms with Crippen LogP contribution in [-0.2, 0) is 11.3 Å². The quantitative estimate of drug-likeness (QED) is 0.833. The second kappa shape index (κ2) is 6.44. The van der Waals surface area contributed by atoms with Crippen LogP contribution >= 0.6 is 11.6 Å². The average Bonchev–Trinajstić information content (AvgIpc) is 2.58. The summed E-state index contributed by atoms with van der Waals surface area (Å²) in [5.74, 6) is -1.24. The van der Waals surface area contributed by atoms with Gasteiger partial charge in [0.05, 0.1) is 11.4 Å². The van der Waals surface area contributed by atoms with Gasteiger partial charge in [-0.2, -0.15) is 0 Å². The predicted octanol–water partition coefficient (Wildman–Crippen LogP) is 2.14. The van der Waals surface area contributed by atoms with Gasteiger partial charge in [-0.25, -0.2) is 0 Å². The Morgan fingerprint density at radius 2 is 2.22 bits per heavy atom. The molecule has 1 atom stereocenters. The van der Waals surface area contributed by atoms with E-state index in [0.29, 0.717) is 17.3 Å². The van der Waals surface area contributed by atoms with Crippen LogP contribution in [0.4, 0.5) is 0 Å². The minimum absolute atomic E-state index is 0.103. The summed E-state index contributed by atoms with van der Waals surface area (Å²) < 4.78 is 1.77. The smallest absolute Gasteiger partial charge is 0.305 e. The molecule has 0 aliphatic heterocycles. The zero-order chi connectivity index (χ0) is 13.7. The van der Waals surface area contributed by atoms with Crippen molar-refractivity contribution in [3.05, 3.63) is 23.0 Å². The van der Waals surface area contributed by atoms with Gasteiger partial charge in [0.2, 0.25) is 0 Å². The SMILES string of the molecule is CCCn1cc(Cl)cc1C(=O)NC(C)CC(=O)O. The van der Waals surface area contributed by atoms with Gasteiger partial charge in [-0.1, -0.05) is 18.5 Å². The van der Waals surface area contributed by atoms with Crippen LogP contribution in [0.3, 0.4) is 0 Å². The lowest BCUT2D eigenvalue weighted by molar-refractivity contribution is -0.137. The summed E-state index contributed by atoms with van der Waals surface area (Å²) >= 11 is 5.87. The fourth-order valence-electron chi connectivity index (χ4n) is 1.70. The number of hydrogen-bond acceptors (Lipinski definition) is 2. The summed E-state index contributed by atoms with van der Waals surface area (Å²) in [4.78, 5) is 22.5. The van der Waals surface area contributed by atoms with Crippen LogP contribution in [0.5, 0.6) is 0 Å². The van der Waals surface area contributed by atoms with Gasteiger partial charge in [-0.15, -0.1) is 0 Å². The minimum Gasteiger partial charge on any atom is -0.481 e. The summed E-state index contributed by atoms with van der Waals surface area (Å²) in [6, 6.07) is 1.17. The van der Waals surface area contributed by atoms with Crippen LogP contribution in [0.2, 0.25) is 5.02 Å². The number of aromatic nitrogens is 1. The summed E-state index contributed by atoms with van der Waals surface area (Å²) in [6.45, 7) is 4.35. The molecule has 1 aromatic heterocycles. The zero-order valence-corrected chi connectivity index (χ0v) is 11.2. The Labute approximate surface area is 111 Å². The van der Waals surface area contributed by atoms with Crippen molar-refractivity contribution in [2.45, 2.75) is 39.3 Å². The highest BCUT2D eigenvalue weighted by Gasteiger charge is 2.16. The molecule has 6 heteroatoms. The first-order chi connectivity index (χ1) is 8.43. The lowest BCUT2D eigenvalue weighted by Crippen LogP contribution is -2.35. The molecular formula is C12H17ClN2O3. The van der Waals surface area contributed by atoms with Crippen LogP contribution in [0.1, 0.15) is 37.2 Å². The third-order valence-electron chi connectivity index (χ3n) is 2.42. The second-order valence-electron chi connectivity index (χ2n) is 4.21. The number of rotatable bonds is 6. The number of hydrogen-bond donors (Lipinski definition) is 2. The van der Waals surface area contributed by atoms with E-state index in [1.807, 2.05) is 6.92 Å². The molecule has 1 amide bonds. The molecule has 5 nitrogen and oxygen atoms in total. The molecule has 0 bridgehead atoms. The normalized spacial score (nSPS) is 12.2. The highest BCUT2D eigenvalue weighted by molar-refractivity contribution is 6.31. The lowest BCUT2D eigenvalue weighted by atomic mass is 10.2. The van der Waals surface area contributed by atoms with E-state index < -0.39 is 12.0 Å². The largest absolute Gasteiger partial charge is 0.481 e. The van der Waals surface area contributed by atoms with Gasteiger partial charge in [0.1, 0.15) is 5.69 Å². The molecule has 0 saturated heterocycles. The molecule has 1 unspecified atom stereocenters. The van der Waals surface area contributed by atoms with Gasteiger partial charge in [-0.05, 0) is 19.4 Å². The van der Waals surface area contributed by atoms with Crippen molar-refractivity contribution in [2.75, 3.05) is 0 Å². The zero-order valence-electron chi connectivity index (χ0n) is 10.4. The van der Waals surface area contributed by atoms with E-state index in [4.69, 9.17) is 16.7 Å². The van der Waals surface area contributed by atoms with Gasteiger partial charge in [0.25, 0.3) is 5.91 Å². The predicted molar refractivity (Wildman–Crippen MR) is 68.9 cm³/mol. The van der Waals surface area contributed by atoms with Gasteiger partial charge in [0.15, 0.2) is 0 Å². The molecule has 0 saturated carbocycles. The van der Waals surface area contributed by atoms with E-state index in [0.717, 1.165) is 6.42 Å². The molecule has 0 fully saturated rings. The summed E-state index contributed by atoms with van der Waals surface area (Å²) in [6.07, 6.45) is 2.48. The van der Waals surface area contributed by atoms with E-state index in [1.165, 1.54) is 0 Å². The number of amides is 1. The molecule has 1 aromatic rings. The molecular weight excluding hydrogens is 256 g/mol. The first-order valence-corrected chi connectivity index (χ1v) is 6.20. The number of aryl methyl sites for hydroxylation is 1. The maximum atomic E-state index is 12.0.